The van der Waals surface area contributed by atoms with Crippen LogP contribution in [0.2, 0.25) is 0 Å². The average molecular weight is 921 g/mol. The van der Waals surface area contributed by atoms with Gasteiger partial charge in [-0.2, -0.15) is 0 Å². The number of aliphatic hydroxyl groups excluding tert-OH is 5. The number of carbonyl (C=O) groups excluding carboxylic acids is 2. The fourth-order valence-corrected chi connectivity index (χ4v) is 7.50. The minimum Gasteiger partial charge on any atom is -0.462 e. The molecule has 0 spiro atoms. The fourth-order valence-electron chi connectivity index (χ4n) is 6.52. The van der Waals surface area contributed by atoms with E-state index >= 15 is 0 Å². The second kappa shape index (κ2) is 39.0. The smallest absolute Gasteiger partial charge is 0.462 e. The maximum atomic E-state index is 12.8. The van der Waals surface area contributed by atoms with Crippen LogP contribution in [0.5, 0.6) is 0 Å². The summed E-state index contributed by atoms with van der Waals surface area (Å²) in [7, 11) is -5.14. The molecule has 0 saturated heterocycles. The molecule has 8 atom stereocenters. The maximum absolute atomic E-state index is 12.8. The number of phosphoric acid groups is 1. The van der Waals surface area contributed by atoms with E-state index < -0.39 is 75.7 Å². The second-order valence-electron chi connectivity index (χ2n) is 15.9. The molecule has 0 aromatic carbocycles. The molecule has 0 bridgehead atoms. The second-order valence-corrected chi connectivity index (χ2v) is 17.3. The normalized spacial score (nSPS) is 22.4. The topological polar surface area (TPSA) is 210 Å². The largest absolute Gasteiger partial charge is 0.472 e. The molecule has 364 valence electrons. The monoisotopic (exact) mass is 921 g/mol. The first kappa shape index (κ1) is 58.8. The number of allylic oxidation sites excluding steroid dienone is 16. The molecule has 7 unspecified atom stereocenters. The third-order valence-electron chi connectivity index (χ3n) is 10.3. The molecule has 1 rings (SSSR count). The van der Waals surface area contributed by atoms with E-state index in [4.69, 9.17) is 18.5 Å². The number of carbonyl (C=O) groups is 2. The van der Waals surface area contributed by atoms with Crippen molar-refractivity contribution in [2.45, 2.75) is 191 Å². The third kappa shape index (κ3) is 30.8. The summed E-state index contributed by atoms with van der Waals surface area (Å²) in [5.41, 5.74) is 0. The quantitative estimate of drug-likeness (QED) is 0.0113. The van der Waals surface area contributed by atoms with Crippen LogP contribution < -0.4 is 0 Å². The number of hydrogen-bond acceptors (Lipinski definition) is 12. The molecule has 0 aliphatic heterocycles. The molecular weight excluding hydrogens is 840 g/mol. The Hall–Kier alpha value is -3.23. The average Bonchev–Trinajstić information content (AvgIpc) is 3.28. The molecule has 0 radical (unpaired) electrons. The minimum absolute atomic E-state index is 0.0437. The van der Waals surface area contributed by atoms with Gasteiger partial charge in [0.2, 0.25) is 0 Å². The summed E-state index contributed by atoms with van der Waals surface area (Å²) in [4.78, 5) is 35.7. The molecule has 0 aromatic heterocycles. The summed E-state index contributed by atoms with van der Waals surface area (Å²) in [6, 6.07) is 0. The van der Waals surface area contributed by atoms with E-state index in [9.17, 15) is 44.6 Å². The van der Waals surface area contributed by atoms with E-state index in [2.05, 4.69) is 68.5 Å². The number of aliphatic hydroxyl groups is 5. The molecule has 0 heterocycles. The van der Waals surface area contributed by atoms with Gasteiger partial charge >= 0.3 is 19.8 Å². The molecule has 1 saturated carbocycles. The van der Waals surface area contributed by atoms with Crippen LogP contribution in [0.3, 0.4) is 0 Å². The lowest BCUT2D eigenvalue weighted by Gasteiger charge is -2.41. The van der Waals surface area contributed by atoms with Gasteiger partial charge in [-0.3, -0.25) is 18.6 Å². The number of ether oxygens (including phenoxy) is 2. The zero-order valence-electron chi connectivity index (χ0n) is 38.5. The first-order valence-corrected chi connectivity index (χ1v) is 25.1. The van der Waals surface area contributed by atoms with E-state index in [0.717, 1.165) is 83.5 Å². The molecule has 1 aliphatic rings. The molecule has 64 heavy (non-hydrogen) atoms. The summed E-state index contributed by atoms with van der Waals surface area (Å²) < 4.78 is 33.5. The van der Waals surface area contributed by atoms with Crippen molar-refractivity contribution in [1.29, 1.82) is 0 Å². The Bertz CT molecular complexity index is 1480. The maximum Gasteiger partial charge on any atom is 0.472 e. The predicted octanol–water partition coefficient (Wildman–Crippen LogP) is 9.44. The summed E-state index contributed by atoms with van der Waals surface area (Å²) >= 11 is 0. The van der Waals surface area contributed by atoms with Crippen LogP contribution in [0.25, 0.3) is 0 Å². The number of hydrogen-bond donors (Lipinski definition) is 6. The van der Waals surface area contributed by atoms with E-state index in [1.165, 1.54) is 25.7 Å². The van der Waals surface area contributed by atoms with Gasteiger partial charge in [0.05, 0.1) is 6.61 Å². The first-order valence-electron chi connectivity index (χ1n) is 23.6. The molecule has 1 fully saturated rings. The van der Waals surface area contributed by atoms with Gasteiger partial charge in [-0.25, -0.2) is 4.57 Å². The number of rotatable bonds is 37. The van der Waals surface area contributed by atoms with Gasteiger partial charge in [0, 0.05) is 12.8 Å². The lowest BCUT2D eigenvalue weighted by molar-refractivity contribution is -0.220. The highest BCUT2D eigenvalue weighted by atomic mass is 31.2. The van der Waals surface area contributed by atoms with Crippen LogP contribution in [0, 0.1) is 0 Å². The van der Waals surface area contributed by atoms with E-state index in [1.807, 2.05) is 42.5 Å². The van der Waals surface area contributed by atoms with Crippen molar-refractivity contribution >= 4 is 19.8 Å². The Morgan fingerprint density at radius 1 is 0.500 bits per heavy atom. The minimum atomic E-state index is -5.14. The molecule has 0 amide bonds. The molecule has 1 aliphatic carbocycles. The van der Waals surface area contributed by atoms with Crippen molar-refractivity contribution in [3.8, 4) is 0 Å². The van der Waals surface area contributed by atoms with Gasteiger partial charge in [-0.1, -0.05) is 162 Å². The standard InChI is InChI=1S/C50H81O13P/c1-3-5-7-9-11-13-15-17-18-19-20-21-22-23-24-25-27-28-30-32-34-36-38-43(51)60-40-42(41-61-64(58,59)63-50-48(56)46(54)45(53)47(55)49(50)57)62-44(52)39-37-35-33-31-29-26-16-14-12-10-8-6-4-2/h5-8,10-14,16-18,20-21,26,29,42,45-50,53-57H,3-4,9,15,19,22-25,27-28,30-41H2,1-2H3,(H,58,59)/b7-5+,8-6+,12-10+,13-11+,16-14+,18-17+,21-20+,29-26+/t42?,45?,46-,47?,48?,49?,50?/m0/s1. The van der Waals surface area contributed by atoms with Crippen molar-refractivity contribution < 1.29 is 63.1 Å². The highest BCUT2D eigenvalue weighted by Crippen LogP contribution is 2.47. The van der Waals surface area contributed by atoms with Crippen LogP contribution in [-0.4, -0.2) is 98.3 Å². The van der Waals surface area contributed by atoms with E-state index in [1.54, 1.807) is 0 Å². The first-order chi connectivity index (χ1) is 30.9. The number of unbranched alkanes of at least 4 members (excludes halogenated alkanes) is 12. The fraction of sp³-hybridized carbons (Fsp3) is 0.640. The van der Waals surface area contributed by atoms with Crippen molar-refractivity contribution in [3.05, 3.63) is 97.2 Å². The van der Waals surface area contributed by atoms with Crippen LogP contribution in [0.1, 0.15) is 149 Å². The molecule has 14 heteroatoms. The van der Waals surface area contributed by atoms with Crippen LogP contribution in [0.4, 0.5) is 0 Å². The number of phosphoric ester groups is 1. The lowest BCUT2D eigenvalue weighted by atomic mass is 9.85. The number of esters is 2. The Labute approximate surface area is 383 Å². The Kier molecular flexibility index (Phi) is 35.8. The molecular formula is C50H81O13P. The van der Waals surface area contributed by atoms with Crippen molar-refractivity contribution in [2.24, 2.45) is 0 Å². The van der Waals surface area contributed by atoms with Gasteiger partial charge in [0.15, 0.2) is 6.10 Å². The molecule has 6 N–H and O–H groups in total. The predicted molar refractivity (Wildman–Crippen MR) is 253 cm³/mol. The van der Waals surface area contributed by atoms with Gasteiger partial charge in [-0.05, 0) is 70.6 Å². The van der Waals surface area contributed by atoms with E-state index in [-0.39, 0.29) is 12.8 Å². The SMILES string of the molecule is CC/C=C/C=C/C=C/C=C/CCCCCC(=O)OC(COC(=O)CCCCCCCCCCC/C=C/C/C=C/C/C=C/C/C=C/CC)COP(=O)(O)OC1C(O)C(O)C(O)[C@H](O)C1O. The summed E-state index contributed by atoms with van der Waals surface area (Å²) in [5.74, 6) is -1.16. The van der Waals surface area contributed by atoms with Gasteiger partial charge in [0.1, 0.15) is 43.2 Å². The summed E-state index contributed by atoms with van der Waals surface area (Å²) in [6.45, 7) is 2.99. The highest BCUT2D eigenvalue weighted by molar-refractivity contribution is 7.47. The van der Waals surface area contributed by atoms with Gasteiger partial charge in [-0.15, -0.1) is 0 Å². The zero-order valence-corrected chi connectivity index (χ0v) is 39.4. The molecule has 13 nitrogen and oxygen atoms in total. The third-order valence-corrected chi connectivity index (χ3v) is 11.3. The van der Waals surface area contributed by atoms with Crippen molar-refractivity contribution in [2.75, 3.05) is 13.2 Å². The summed E-state index contributed by atoms with van der Waals surface area (Å²) in [6.07, 6.45) is 39.0. The van der Waals surface area contributed by atoms with Crippen LogP contribution in [-0.2, 0) is 32.7 Å². The van der Waals surface area contributed by atoms with Gasteiger partial charge < -0.3 is 39.9 Å². The molecule has 0 aromatic rings. The lowest BCUT2D eigenvalue weighted by Crippen LogP contribution is -2.64. The Balaban J connectivity index is 2.43. The van der Waals surface area contributed by atoms with Crippen LogP contribution >= 0.6 is 7.82 Å². The van der Waals surface area contributed by atoms with Crippen LogP contribution in [0.15, 0.2) is 97.2 Å². The zero-order chi connectivity index (χ0) is 47.1. The Morgan fingerprint density at radius 3 is 1.48 bits per heavy atom. The van der Waals surface area contributed by atoms with Crippen molar-refractivity contribution in [3.63, 3.8) is 0 Å². The van der Waals surface area contributed by atoms with Crippen molar-refractivity contribution in [1.82, 2.24) is 0 Å². The highest BCUT2D eigenvalue weighted by Gasteiger charge is 2.51. The summed E-state index contributed by atoms with van der Waals surface area (Å²) in [5, 5.41) is 50.1. The van der Waals surface area contributed by atoms with E-state index in [0.29, 0.717) is 12.8 Å². The Morgan fingerprint density at radius 2 is 0.922 bits per heavy atom. The van der Waals surface area contributed by atoms with Gasteiger partial charge in [0.25, 0.3) is 0 Å².